The van der Waals surface area contributed by atoms with Gasteiger partial charge in [-0.2, -0.15) is 0 Å². The van der Waals surface area contributed by atoms with E-state index in [1.54, 1.807) is 18.2 Å². The van der Waals surface area contributed by atoms with Crippen molar-refractivity contribution in [2.75, 3.05) is 31.6 Å². The first-order valence-electron chi connectivity index (χ1n) is 8.85. The lowest BCUT2D eigenvalue weighted by molar-refractivity contribution is 0.223. The number of amides is 2. The number of benzene rings is 2. The highest BCUT2D eigenvalue weighted by Gasteiger charge is 2.08. The Morgan fingerprint density at radius 2 is 1.88 bits per heavy atom. The number of ether oxygens (including phenoxy) is 1. The Labute approximate surface area is 154 Å². The molecule has 2 rings (SSSR count). The van der Waals surface area contributed by atoms with Gasteiger partial charge in [0.2, 0.25) is 0 Å². The summed E-state index contributed by atoms with van der Waals surface area (Å²) in [6.07, 6.45) is 0. The van der Waals surface area contributed by atoms with Gasteiger partial charge in [0, 0.05) is 13.1 Å². The van der Waals surface area contributed by atoms with E-state index in [0.29, 0.717) is 23.6 Å². The first-order valence-corrected chi connectivity index (χ1v) is 8.85. The fourth-order valence-electron chi connectivity index (χ4n) is 2.52. The minimum atomic E-state index is -0.367. The van der Waals surface area contributed by atoms with Gasteiger partial charge in [0.1, 0.15) is 18.2 Å². The Hall–Kier alpha value is -2.60. The van der Waals surface area contributed by atoms with Gasteiger partial charge in [-0.25, -0.2) is 9.18 Å². The summed E-state index contributed by atoms with van der Waals surface area (Å²) in [4.78, 5) is 14.4. The Morgan fingerprint density at radius 3 is 2.62 bits per heavy atom. The zero-order valence-corrected chi connectivity index (χ0v) is 15.3. The Morgan fingerprint density at radius 1 is 1.12 bits per heavy atom. The summed E-state index contributed by atoms with van der Waals surface area (Å²) in [6.45, 7) is 7.79. The number of carbonyl (C=O) groups is 1. The lowest BCUT2D eigenvalue weighted by Crippen LogP contribution is -2.29. The van der Waals surface area contributed by atoms with Crippen LogP contribution in [-0.4, -0.2) is 37.2 Å². The number of likely N-dealkylation sites (N-methyl/N-ethyl adjacent to an activating group) is 1. The number of nitrogens with zero attached hydrogens (tertiary/aromatic N) is 1. The molecule has 0 aliphatic rings. The van der Waals surface area contributed by atoms with E-state index in [9.17, 15) is 9.18 Å². The molecule has 26 heavy (non-hydrogen) atoms. The number of hydrogen-bond acceptors (Lipinski definition) is 3. The van der Waals surface area contributed by atoms with Crippen molar-refractivity contribution in [3.63, 3.8) is 0 Å². The molecule has 2 amide bonds. The Balaban J connectivity index is 1.87. The van der Waals surface area contributed by atoms with E-state index < -0.39 is 0 Å². The fraction of sp³-hybridized carbons (Fsp3) is 0.350. The lowest BCUT2D eigenvalue weighted by atomic mass is 10.2. The maximum Gasteiger partial charge on any atom is 0.319 e. The van der Waals surface area contributed by atoms with Crippen LogP contribution in [0.15, 0.2) is 48.5 Å². The summed E-state index contributed by atoms with van der Waals surface area (Å²) in [5, 5.41) is 5.49. The molecule has 6 heteroatoms. The number of hydrogen-bond donors (Lipinski definition) is 2. The van der Waals surface area contributed by atoms with Crippen molar-refractivity contribution < 1.29 is 13.9 Å². The summed E-state index contributed by atoms with van der Waals surface area (Å²) in [5.41, 5.74) is 1.30. The second-order valence-corrected chi connectivity index (χ2v) is 5.81. The number of carbonyl (C=O) groups excluding carboxylic acids is 1. The lowest BCUT2D eigenvalue weighted by Gasteiger charge is -2.19. The van der Waals surface area contributed by atoms with Crippen LogP contribution in [-0.2, 0) is 6.54 Å². The van der Waals surface area contributed by atoms with Crippen molar-refractivity contribution in [1.29, 1.82) is 0 Å². The Kier molecular flexibility index (Phi) is 7.89. The van der Waals surface area contributed by atoms with Crippen molar-refractivity contribution >= 4 is 11.7 Å². The van der Waals surface area contributed by atoms with E-state index in [4.69, 9.17) is 4.74 Å². The molecular weight excluding hydrogens is 333 g/mol. The highest BCUT2D eigenvalue weighted by Crippen LogP contribution is 2.23. The van der Waals surface area contributed by atoms with Gasteiger partial charge >= 0.3 is 6.03 Å². The number of urea groups is 1. The van der Waals surface area contributed by atoms with E-state index in [2.05, 4.69) is 29.4 Å². The van der Waals surface area contributed by atoms with Crippen molar-refractivity contribution in [3.8, 4) is 5.75 Å². The van der Waals surface area contributed by atoms with Gasteiger partial charge in [0.05, 0.1) is 5.69 Å². The van der Waals surface area contributed by atoms with E-state index in [-0.39, 0.29) is 18.4 Å². The van der Waals surface area contributed by atoms with Gasteiger partial charge in [-0.15, -0.1) is 0 Å². The third-order valence-electron chi connectivity index (χ3n) is 4.04. The molecule has 0 atom stereocenters. The van der Waals surface area contributed by atoms with Crippen LogP contribution < -0.4 is 15.4 Å². The zero-order chi connectivity index (χ0) is 18.8. The molecule has 0 aliphatic heterocycles. The largest absolute Gasteiger partial charge is 0.490 e. The fourth-order valence-corrected chi connectivity index (χ4v) is 2.52. The van der Waals surface area contributed by atoms with E-state index >= 15 is 0 Å². The average molecular weight is 359 g/mol. The Bertz CT molecular complexity index is 705. The third-order valence-corrected chi connectivity index (χ3v) is 4.04. The maximum atomic E-state index is 13.2. The molecule has 5 nitrogen and oxygen atoms in total. The maximum absolute atomic E-state index is 13.2. The summed E-state index contributed by atoms with van der Waals surface area (Å²) in [5.74, 6) is 0.303. The van der Waals surface area contributed by atoms with Crippen LogP contribution >= 0.6 is 0 Å². The zero-order valence-electron chi connectivity index (χ0n) is 15.3. The molecule has 0 spiro atoms. The molecule has 0 fully saturated rings. The van der Waals surface area contributed by atoms with Crippen LogP contribution in [0.5, 0.6) is 5.75 Å². The number of para-hydroxylation sites is 2. The molecule has 2 aromatic rings. The summed E-state index contributed by atoms with van der Waals surface area (Å²) in [6, 6.07) is 13.1. The molecular formula is C20H26FN3O2. The average Bonchev–Trinajstić information content (AvgIpc) is 2.65. The van der Waals surface area contributed by atoms with Crippen molar-refractivity contribution in [3.05, 3.63) is 59.9 Å². The summed E-state index contributed by atoms with van der Waals surface area (Å²) >= 11 is 0. The van der Waals surface area contributed by atoms with Gasteiger partial charge in [0.15, 0.2) is 0 Å². The summed E-state index contributed by atoms with van der Waals surface area (Å²) < 4.78 is 19.0. The van der Waals surface area contributed by atoms with Crippen LogP contribution in [0.1, 0.15) is 19.4 Å². The van der Waals surface area contributed by atoms with E-state index in [1.807, 2.05) is 18.2 Å². The van der Waals surface area contributed by atoms with Crippen LogP contribution in [0.4, 0.5) is 14.9 Å². The molecule has 0 aromatic heterocycles. The number of anilines is 1. The van der Waals surface area contributed by atoms with Crippen LogP contribution in [0, 0.1) is 5.82 Å². The second kappa shape index (κ2) is 10.4. The predicted molar refractivity (Wildman–Crippen MR) is 102 cm³/mol. The molecule has 2 aromatic carbocycles. The molecule has 0 saturated heterocycles. The molecule has 0 bridgehead atoms. The monoisotopic (exact) mass is 359 g/mol. The first kappa shape index (κ1) is 19.7. The first-order chi connectivity index (χ1) is 12.6. The minimum absolute atomic E-state index is 0.245. The normalized spacial score (nSPS) is 10.6. The minimum Gasteiger partial charge on any atom is -0.490 e. The number of nitrogens with one attached hydrogen (secondary N) is 2. The van der Waals surface area contributed by atoms with Crippen LogP contribution in [0.25, 0.3) is 0 Å². The molecule has 140 valence electrons. The topological polar surface area (TPSA) is 53.6 Å². The van der Waals surface area contributed by atoms with Crippen LogP contribution in [0.2, 0.25) is 0 Å². The second-order valence-electron chi connectivity index (χ2n) is 5.81. The standard InChI is InChI=1S/C20H26FN3O2/c1-3-24(4-2)12-13-26-19-11-6-5-10-18(19)23-20(25)22-15-16-8-7-9-17(21)14-16/h5-11,14H,3-4,12-13,15H2,1-2H3,(H2,22,23,25). The van der Waals surface area contributed by atoms with Gasteiger partial charge in [-0.05, 0) is 42.9 Å². The molecule has 0 unspecified atom stereocenters. The van der Waals surface area contributed by atoms with Crippen molar-refractivity contribution in [2.24, 2.45) is 0 Å². The number of rotatable bonds is 9. The molecule has 0 aliphatic carbocycles. The highest BCUT2D eigenvalue weighted by atomic mass is 19.1. The van der Waals surface area contributed by atoms with Gasteiger partial charge in [-0.3, -0.25) is 0 Å². The van der Waals surface area contributed by atoms with Gasteiger partial charge < -0.3 is 20.3 Å². The van der Waals surface area contributed by atoms with Crippen LogP contribution in [0.3, 0.4) is 0 Å². The molecule has 0 heterocycles. The van der Waals surface area contributed by atoms with Gasteiger partial charge in [-0.1, -0.05) is 38.1 Å². The van der Waals surface area contributed by atoms with Crippen molar-refractivity contribution in [1.82, 2.24) is 10.2 Å². The molecule has 0 saturated carbocycles. The third kappa shape index (κ3) is 6.37. The molecule has 2 N–H and O–H groups in total. The molecule has 0 radical (unpaired) electrons. The number of halogens is 1. The van der Waals surface area contributed by atoms with E-state index in [0.717, 1.165) is 19.6 Å². The smallest absolute Gasteiger partial charge is 0.319 e. The van der Waals surface area contributed by atoms with Gasteiger partial charge in [0.25, 0.3) is 0 Å². The van der Waals surface area contributed by atoms with Crippen molar-refractivity contribution in [2.45, 2.75) is 20.4 Å². The highest BCUT2D eigenvalue weighted by molar-refractivity contribution is 5.90. The summed E-state index contributed by atoms with van der Waals surface area (Å²) in [7, 11) is 0. The quantitative estimate of drug-likeness (QED) is 0.715. The predicted octanol–water partition coefficient (Wildman–Crippen LogP) is 3.87. The SMILES string of the molecule is CCN(CC)CCOc1ccccc1NC(=O)NCc1cccc(F)c1. The van der Waals surface area contributed by atoms with E-state index in [1.165, 1.54) is 12.1 Å².